The van der Waals surface area contributed by atoms with Gasteiger partial charge in [0.1, 0.15) is 5.75 Å². The second kappa shape index (κ2) is 8.58. The van der Waals surface area contributed by atoms with E-state index in [0.29, 0.717) is 24.9 Å². The highest BCUT2D eigenvalue weighted by Gasteiger charge is 2.17. The molecule has 1 aliphatic rings. The average molecular weight is 335 g/mol. The molecule has 0 amide bonds. The molecule has 1 fully saturated rings. The fourth-order valence-corrected chi connectivity index (χ4v) is 3.38. The van der Waals surface area contributed by atoms with Crippen LogP contribution in [-0.4, -0.2) is 34.2 Å². The van der Waals surface area contributed by atoms with Gasteiger partial charge in [0.2, 0.25) is 10.0 Å². The third-order valence-corrected chi connectivity index (χ3v) is 4.87. The van der Waals surface area contributed by atoms with Crippen LogP contribution >= 0.6 is 12.4 Å². The highest BCUT2D eigenvalue weighted by atomic mass is 35.5. The molecular weight excluding hydrogens is 312 g/mol. The smallest absolute Gasteiger partial charge is 0.240 e. The number of hydrogen-bond donors (Lipinski definition) is 2. The van der Waals surface area contributed by atoms with E-state index in [0.717, 1.165) is 19.4 Å². The van der Waals surface area contributed by atoms with Gasteiger partial charge in [-0.15, -0.1) is 12.4 Å². The Kier molecular flexibility index (Phi) is 7.45. The molecule has 1 aromatic carbocycles. The molecule has 1 aromatic rings. The van der Waals surface area contributed by atoms with Crippen molar-refractivity contribution in [2.45, 2.75) is 37.1 Å². The maximum atomic E-state index is 12.1. The van der Waals surface area contributed by atoms with Gasteiger partial charge in [-0.3, -0.25) is 0 Å². The molecule has 2 N–H and O–H groups in total. The number of halogens is 1. The predicted octanol–water partition coefficient (Wildman–Crippen LogP) is 1.93. The highest BCUT2D eigenvalue weighted by molar-refractivity contribution is 7.89. The predicted molar refractivity (Wildman–Crippen MR) is 85.7 cm³/mol. The molecule has 0 aliphatic carbocycles. The van der Waals surface area contributed by atoms with Gasteiger partial charge in [-0.05, 0) is 57.0 Å². The fraction of sp³-hybridized carbons (Fsp3) is 0.571. The maximum Gasteiger partial charge on any atom is 0.240 e. The lowest BCUT2D eigenvalue weighted by atomic mass is 10.2. The van der Waals surface area contributed by atoms with E-state index in [1.165, 1.54) is 6.42 Å². The summed E-state index contributed by atoms with van der Waals surface area (Å²) in [5, 5.41) is 3.35. The van der Waals surface area contributed by atoms with Gasteiger partial charge in [0.15, 0.2) is 0 Å². The molecule has 0 saturated carbocycles. The third kappa shape index (κ3) is 5.47. The SMILES string of the molecule is CCOc1ccc(S(=O)(=O)NCC[C@H]2CCCN2)cc1.Cl. The molecule has 1 heterocycles. The Hall–Kier alpha value is -0.820. The summed E-state index contributed by atoms with van der Waals surface area (Å²) >= 11 is 0. The normalized spacial score (nSPS) is 18.2. The lowest BCUT2D eigenvalue weighted by Gasteiger charge is -2.11. The minimum Gasteiger partial charge on any atom is -0.494 e. The molecule has 2 rings (SSSR count). The summed E-state index contributed by atoms with van der Waals surface area (Å²) in [7, 11) is -3.42. The van der Waals surface area contributed by atoms with Crippen molar-refractivity contribution in [1.29, 1.82) is 0 Å². The molecule has 0 aromatic heterocycles. The first-order valence-corrected chi connectivity index (χ1v) is 8.56. The maximum absolute atomic E-state index is 12.1. The molecular formula is C14H23ClN2O3S. The van der Waals surface area contributed by atoms with Crippen LogP contribution < -0.4 is 14.8 Å². The second-order valence-electron chi connectivity index (χ2n) is 4.88. The van der Waals surface area contributed by atoms with E-state index >= 15 is 0 Å². The van der Waals surface area contributed by atoms with Crippen LogP contribution in [0.25, 0.3) is 0 Å². The van der Waals surface area contributed by atoms with Gasteiger partial charge in [-0.1, -0.05) is 0 Å². The number of hydrogen-bond acceptors (Lipinski definition) is 4. The first-order valence-electron chi connectivity index (χ1n) is 7.08. The zero-order chi connectivity index (χ0) is 14.4. The second-order valence-corrected chi connectivity index (χ2v) is 6.65. The molecule has 0 radical (unpaired) electrons. The van der Waals surface area contributed by atoms with Crippen molar-refractivity contribution in [3.05, 3.63) is 24.3 Å². The van der Waals surface area contributed by atoms with E-state index in [2.05, 4.69) is 10.0 Å². The van der Waals surface area contributed by atoms with Gasteiger partial charge in [0, 0.05) is 12.6 Å². The Morgan fingerprint density at radius 1 is 1.33 bits per heavy atom. The Bertz CT molecular complexity index is 514. The molecule has 1 aliphatic heterocycles. The summed E-state index contributed by atoms with van der Waals surface area (Å²) in [6.45, 7) is 3.96. The van der Waals surface area contributed by atoms with E-state index in [1.54, 1.807) is 24.3 Å². The van der Waals surface area contributed by atoms with E-state index in [9.17, 15) is 8.42 Å². The fourth-order valence-electron chi connectivity index (χ4n) is 2.34. The molecule has 0 spiro atoms. The van der Waals surface area contributed by atoms with E-state index in [-0.39, 0.29) is 17.3 Å². The summed E-state index contributed by atoms with van der Waals surface area (Å²) in [4.78, 5) is 0.278. The largest absolute Gasteiger partial charge is 0.494 e. The zero-order valence-corrected chi connectivity index (χ0v) is 13.8. The van der Waals surface area contributed by atoms with E-state index in [4.69, 9.17) is 4.74 Å². The summed E-state index contributed by atoms with van der Waals surface area (Å²) in [6.07, 6.45) is 3.14. The number of sulfonamides is 1. The Labute approximate surface area is 132 Å². The quantitative estimate of drug-likeness (QED) is 0.799. The van der Waals surface area contributed by atoms with Crippen molar-refractivity contribution >= 4 is 22.4 Å². The third-order valence-electron chi connectivity index (χ3n) is 3.39. The number of ether oxygens (including phenoxy) is 1. The number of rotatable bonds is 7. The molecule has 5 nitrogen and oxygen atoms in total. The lowest BCUT2D eigenvalue weighted by Crippen LogP contribution is -2.30. The molecule has 7 heteroatoms. The molecule has 0 bridgehead atoms. The number of benzene rings is 1. The topological polar surface area (TPSA) is 67.4 Å². The van der Waals surface area contributed by atoms with Crippen molar-refractivity contribution in [3.8, 4) is 5.75 Å². The molecule has 1 atom stereocenters. The highest BCUT2D eigenvalue weighted by Crippen LogP contribution is 2.16. The summed E-state index contributed by atoms with van der Waals surface area (Å²) in [5.41, 5.74) is 0. The first-order chi connectivity index (χ1) is 9.62. The van der Waals surface area contributed by atoms with Crippen LogP contribution in [0.2, 0.25) is 0 Å². The lowest BCUT2D eigenvalue weighted by molar-refractivity contribution is 0.340. The van der Waals surface area contributed by atoms with E-state index < -0.39 is 10.0 Å². The minimum atomic E-state index is -3.42. The van der Waals surface area contributed by atoms with Crippen LogP contribution in [0, 0.1) is 0 Å². The molecule has 21 heavy (non-hydrogen) atoms. The van der Waals surface area contributed by atoms with Crippen molar-refractivity contribution in [3.63, 3.8) is 0 Å². The molecule has 120 valence electrons. The summed E-state index contributed by atoms with van der Waals surface area (Å²) in [5.74, 6) is 0.682. The van der Waals surface area contributed by atoms with Crippen LogP contribution in [0.1, 0.15) is 26.2 Å². The Balaban J connectivity index is 0.00000220. The minimum absolute atomic E-state index is 0. The van der Waals surface area contributed by atoms with Crippen LogP contribution in [0.3, 0.4) is 0 Å². The molecule has 1 saturated heterocycles. The average Bonchev–Trinajstić information content (AvgIpc) is 2.93. The van der Waals surface area contributed by atoms with Crippen molar-refractivity contribution in [1.82, 2.24) is 10.0 Å². The summed E-state index contributed by atoms with van der Waals surface area (Å²) in [6, 6.07) is 6.94. The summed E-state index contributed by atoms with van der Waals surface area (Å²) < 4.78 is 32.1. The number of nitrogens with one attached hydrogen (secondary N) is 2. The monoisotopic (exact) mass is 334 g/mol. The molecule has 0 unspecified atom stereocenters. The zero-order valence-electron chi connectivity index (χ0n) is 12.2. The first kappa shape index (κ1) is 18.2. The van der Waals surface area contributed by atoms with Gasteiger partial charge in [0.05, 0.1) is 11.5 Å². The van der Waals surface area contributed by atoms with Crippen molar-refractivity contribution in [2.75, 3.05) is 19.7 Å². The Morgan fingerprint density at radius 3 is 2.62 bits per heavy atom. The van der Waals surface area contributed by atoms with Gasteiger partial charge < -0.3 is 10.1 Å². The Morgan fingerprint density at radius 2 is 2.05 bits per heavy atom. The van der Waals surface area contributed by atoms with E-state index in [1.807, 2.05) is 6.92 Å². The standard InChI is InChI=1S/C14H22N2O3S.ClH/c1-2-19-13-5-7-14(8-6-13)20(17,18)16-11-9-12-4-3-10-15-12;/h5-8,12,15-16H,2-4,9-11H2,1H3;1H/t12-;/m1./s1. The van der Waals surface area contributed by atoms with Crippen molar-refractivity contribution < 1.29 is 13.2 Å². The van der Waals surface area contributed by atoms with Gasteiger partial charge >= 0.3 is 0 Å². The van der Waals surface area contributed by atoms with Gasteiger partial charge in [0.25, 0.3) is 0 Å². The van der Waals surface area contributed by atoms with Gasteiger partial charge in [-0.2, -0.15) is 0 Å². The van der Waals surface area contributed by atoms with Crippen molar-refractivity contribution in [2.24, 2.45) is 0 Å². The van der Waals surface area contributed by atoms with Crippen LogP contribution in [0.4, 0.5) is 0 Å². The van der Waals surface area contributed by atoms with Crippen LogP contribution in [-0.2, 0) is 10.0 Å². The van der Waals surface area contributed by atoms with Crippen LogP contribution in [0.5, 0.6) is 5.75 Å². The van der Waals surface area contributed by atoms with Crippen LogP contribution in [0.15, 0.2) is 29.2 Å². The van der Waals surface area contributed by atoms with Gasteiger partial charge in [-0.25, -0.2) is 13.1 Å².